The van der Waals surface area contributed by atoms with Gasteiger partial charge in [0.25, 0.3) is 5.56 Å². The Bertz CT molecular complexity index is 542. The Labute approximate surface area is 120 Å². The molecule has 4 nitrogen and oxygen atoms in total. The lowest BCUT2D eigenvalue weighted by Crippen LogP contribution is -2.32. The molecule has 1 aromatic heterocycles. The molecule has 0 bridgehead atoms. The summed E-state index contributed by atoms with van der Waals surface area (Å²) in [5.41, 5.74) is 2.52. The lowest BCUT2D eigenvalue weighted by Gasteiger charge is -2.28. The SMILES string of the molecule is CCCNC1CCCc2c1ccc(=O)n2CCCC#N. The number of nitrogens with one attached hydrogen (secondary N) is 1. The first kappa shape index (κ1) is 14.8. The molecule has 1 heterocycles. The average Bonchev–Trinajstić information content (AvgIpc) is 2.47. The number of nitriles is 1. The van der Waals surface area contributed by atoms with Crippen LogP contribution in [0.2, 0.25) is 0 Å². The quantitative estimate of drug-likeness (QED) is 0.810. The number of fused-ring (bicyclic) bond motifs is 1. The van der Waals surface area contributed by atoms with Gasteiger partial charge in [0.2, 0.25) is 0 Å². The molecule has 1 atom stereocenters. The Hall–Kier alpha value is -1.60. The van der Waals surface area contributed by atoms with Gasteiger partial charge in [0.15, 0.2) is 0 Å². The van der Waals surface area contributed by atoms with E-state index in [1.54, 1.807) is 6.07 Å². The van der Waals surface area contributed by atoms with Crippen molar-refractivity contribution >= 4 is 0 Å². The molecule has 1 aromatic rings. The molecule has 0 saturated heterocycles. The van der Waals surface area contributed by atoms with Crippen LogP contribution in [0.1, 0.15) is 56.3 Å². The van der Waals surface area contributed by atoms with Crippen LogP contribution < -0.4 is 10.9 Å². The van der Waals surface area contributed by atoms with Crippen LogP contribution in [0.4, 0.5) is 0 Å². The van der Waals surface area contributed by atoms with E-state index < -0.39 is 0 Å². The molecule has 0 amide bonds. The topological polar surface area (TPSA) is 57.8 Å². The molecule has 1 N–H and O–H groups in total. The molecule has 0 saturated carbocycles. The number of hydrogen-bond donors (Lipinski definition) is 1. The second-order valence-corrected chi connectivity index (χ2v) is 5.39. The minimum atomic E-state index is 0.0674. The second-order valence-electron chi connectivity index (χ2n) is 5.39. The predicted molar refractivity (Wildman–Crippen MR) is 79.5 cm³/mol. The Kier molecular flexibility index (Phi) is 5.37. The fourth-order valence-electron chi connectivity index (χ4n) is 2.95. The van der Waals surface area contributed by atoms with Crippen LogP contribution in [0, 0.1) is 11.3 Å². The van der Waals surface area contributed by atoms with Gasteiger partial charge < -0.3 is 9.88 Å². The number of hydrogen-bond acceptors (Lipinski definition) is 3. The van der Waals surface area contributed by atoms with Crippen molar-refractivity contribution in [2.24, 2.45) is 0 Å². The molecular weight excluding hydrogens is 250 g/mol. The highest BCUT2D eigenvalue weighted by molar-refractivity contribution is 5.27. The molecular formula is C16H23N3O. The maximum Gasteiger partial charge on any atom is 0.250 e. The van der Waals surface area contributed by atoms with Crippen LogP contribution in [0.25, 0.3) is 0 Å². The van der Waals surface area contributed by atoms with E-state index >= 15 is 0 Å². The second kappa shape index (κ2) is 7.25. The fraction of sp³-hybridized carbons (Fsp3) is 0.625. The minimum Gasteiger partial charge on any atom is -0.312 e. The van der Waals surface area contributed by atoms with Crippen LogP contribution in [0.5, 0.6) is 0 Å². The summed E-state index contributed by atoms with van der Waals surface area (Å²) in [5, 5.41) is 12.2. The standard InChI is InChI=1S/C16H23N3O/c1-2-11-18-14-6-5-7-15-13(14)8-9-16(20)19(15)12-4-3-10-17/h8-9,14,18H,2-7,11-12H2,1H3. The number of rotatable bonds is 6. The van der Waals surface area contributed by atoms with E-state index in [-0.39, 0.29) is 5.56 Å². The molecule has 0 aromatic carbocycles. The lowest BCUT2D eigenvalue weighted by atomic mass is 9.90. The van der Waals surface area contributed by atoms with Crippen molar-refractivity contribution in [3.05, 3.63) is 33.7 Å². The predicted octanol–water partition coefficient (Wildman–Crippen LogP) is 2.53. The monoisotopic (exact) mass is 273 g/mol. The normalized spacial score (nSPS) is 17.5. The summed E-state index contributed by atoms with van der Waals surface area (Å²) in [5.74, 6) is 0. The Morgan fingerprint density at radius 1 is 1.50 bits per heavy atom. The summed E-state index contributed by atoms with van der Waals surface area (Å²) in [6.45, 7) is 3.84. The summed E-state index contributed by atoms with van der Waals surface area (Å²) in [6.07, 6.45) is 5.61. The molecule has 2 rings (SSSR count). The van der Waals surface area contributed by atoms with Gasteiger partial charge in [0.05, 0.1) is 6.07 Å². The third kappa shape index (κ3) is 3.29. The van der Waals surface area contributed by atoms with Crippen molar-refractivity contribution in [1.29, 1.82) is 5.26 Å². The summed E-state index contributed by atoms with van der Waals surface area (Å²) in [7, 11) is 0. The summed E-state index contributed by atoms with van der Waals surface area (Å²) < 4.78 is 1.88. The highest BCUT2D eigenvalue weighted by Gasteiger charge is 2.22. The van der Waals surface area contributed by atoms with Crippen LogP contribution in [0.15, 0.2) is 16.9 Å². The molecule has 0 spiro atoms. The number of nitrogens with zero attached hydrogens (tertiary/aromatic N) is 2. The van der Waals surface area contributed by atoms with E-state index in [1.807, 2.05) is 10.6 Å². The zero-order chi connectivity index (χ0) is 14.4. The van der Waals surface area contributed by atoms with E-state index in [0.29, 0.717) is 19.0 Å². The average molecular weight is 273 g/mol. The molecule has 108 valence electrons. The van der Waals surface area contributed by atoms with Gasteiger partial charge in [0.1, 0.15) is 0 Å². The number of pyridine rings is 1. The van der Waals surface area contributed by atoms with E-state index in [9.17, 15) is 4.79 Å². The number of aromatic nitrogens is 1. The molecule has 1 aliphatic rings. The molecule has 0 fully saturated rings. The van der Waals surface area contributed by atoms with Gasteiger partial charge >= 0.3 is 0 Å². The fourth-order valence-corrected chi connectivity index (χ4v) is 2.95. The van der Waals surface area contributed by atoms with Gasteiger partial charge in [-0.3, -0.25) is 4.79 Å². The minimum absolute atomic E-state index is 0.0674. The van der Waals surface area contributed by atoms with Crippen molar-refractivity contribution in [3.8, 4) is 6.07 Å². The smallest absolute Gasteiger partial charge is 0.250 e. The van der Waals surface area contributed by atoms with Crippen molar-refractivity contribution in [2.45, 2.75) is 58.0 Å². The highest BCUT2D eigenvalue weighted by atomic mass is 16.1. The van der Waals surface area contributed by atoms with Crippen molar-refractivity contribution in [2.75, 3.05) is 6.54 Å². The van der Waals surface area contributed by atoms with E-state index in [1.165, 1.54) is 11.3 Å². The Morgan fingerprint density at radius 2 is 2.35 bits per heavy atom. The van der Waals surface area contributed by atoms with Gasteiger partial charge in [-0.2, -0.15) is 5.26 Å². The number of unbranched alkanes of at least 4 members (excludes halogenated alkanes) is 1. The summed E-state index contributed by atoms with van der Waals surface area (Å²) >= 11 is 0. The maximum atomic E-state index is 12.1. The zero-order valence-electron chi connectivity index (χ0n) is 12.2. The van der Waals surface area contributed by atoms with Crippen LogP contribution in [-0.2, 0) is 13.0 Å². The largest absolute Gasteiger partial charge is 0.312 e. The zero-order valence-corrected chi connectivity index (χ0v) is 12.2. The molecule has 0 aliphatic heterocycles. The molecule has 1 unspecified atom stereocenters. The Morgan fingerprint density at radius 3 is 3.10 bits per heavy atom. The van der Waals surface area contributed by atoms with Crippen molar-refractivity contribution < 1.29 is 0 Å². The van der Waals surface area contributed by atoms with Gasteiger partial charge in [-0.05, 0) is 44.2 Å². The van der Waals surface area contributed by atoms with Gasteiger partial charge in [-0.1, -0.05) is 13.0 Å². The van der Waals surface area contributed by atoms with Crippen molar-refractivity contribution in [1.82, 2.24) is 9.88 Å². The third-order valence-corrected chi connectivity index (χ3v) is 3.92. The molecule has 1 aliphatic carbocycles. The summed E-state index contributed by atoms with van der Waals surface area (Å²) in [6, 6.07) is 6.19. The lowest BCUT2D eigenvalue weighted by molar-refractivity contribution is 0.438. The molecule has 20 heavy (non-hydrogen) atoms. The van der Waals surface area contributed by atoms with Crippen LogP contribution in [0.3, 0.4) is 0 Å². The summed E-state index contributed by atoms with van der Waals surface area (Å²) in [4.78, 5) is 12.1. The van der Waals surface area contributed by atoms with E-state index in [2.05, 4.69) is 18.3 Å². The molecule has 4 heteroatoms. The van der Waals surface area contributed by atoms with E-state index in [4.69, 9.17) is 5.26 Å². The van der Waals surface area contributed by atoms with Crippen molar-refractivity contribution in [3.63, 3.8) is 0 Å². The maximum absolute atomic E-state index is 12.1. The first-order valence-corrected chi connectivity index (χ1v) is 7.61. The van der Waals surface area contributed by atoms with Gasteiger partial charge in [-0.25, -0.2) is 0 Å². The van der Waals surface area contributed by atoms with Crippen LogP contribution in [-0.4, -0.2) is 11.1 Å². The third-order valence-electron chi connectivity index (χ3n) is 3.92. The first-order chi connectivity index (χ1) is 9.77. The van der Waals surface area contributed by atoms with Gasteiger partial charge in [0, 0.05) is 30.8 Å². The Balaban J connectivity index is 2.25. The highest BCUT2D eigenvalue weighted by Crippen LogP contribution is 2.28. The first-order valence-electron chi connectivity index (χ1n) is 7.61. The van der Waals surface area contributed by atoms with E-state index in [0.717, 1.165) is 38.6 Å². The van der Waals surface area contributed by atoms with Crippen LogP contribution >= 0.6 is 0 Å². The van der Waals surface area contributed by atoms with Gasteiger partial charge in [-0.15, -0.1) is 0 Å². The molecule has 0 radical (unpaired) electrons.